The van der Waals surface area contributed by atoms with Crippen molar-refractivity contribution in [1.29, 1.82) is 0 Å². The molecule has 0 N–H and O–H groups in total. The van der Waals surface area contributed by atoms with E-state index in [9.17, 15) is 4.79 Å². The van der Waals surface area contributed by atoms with Crippen LogP contribution in [0.1, 0.15) is 51.5 Å². The van der Waals surface area contributed by atoms with E-state index in [4.69, 9.17) is 4.74 Å². The molecule has 2 heterocycles. The molecule has 0 unspecified atom stereocenters. The normalized spacial score (nSPS) is 17.8. The van der Waals surface area contributed by atoms with Crippen LogP contribution >= 0.6 is 23.1 Å². The zero-order chi connectivity index (χ0) is 18.2. The van der Waals surface area contributed by atoms with Gasteiger partial charge in [0, 0.05) is 10.3 Å². The number of thiophene rings is 1. The topological polar surface area (TPSA) is 52.1 Å². The van der Waals surface area contributed by atoms with Gasteiger partial charge in [-0.05, 0) is 50.0 Å². The predicted molar refractivity (Wildman–Crippen MR) is 104 cm³/mol. The number of nitrogens with zero attached hydrogens (tertiary/aromatic N) is 2. The van der Waals surface area contributed by atoms with Gasteiger partial charge >= 0.3 is 5.97 Å². The van der Waals surface area contributed by atoms with Gasteiger partial charge in [0.25, 0.3) is 0 Å². The first-order chi connectivity index (χ1) is 11.8. The Balaban J connectivity index is 1.85. The summed E-state index contributed by atoms with van der Waals surface area (Å²) in [5, 5.41) is 2.08. The van der Waals surface area contributed by atoms with Gasteiger partial charge < -0.3 is 4.74 Å². The van der Waals surface area contributed by atoms with Crippen molar-refractivity contribution >= 4 is 39.3 Å². The highest BCUT2D eigenvalue weighted by atomic mass is 32.2. The average molecular weight is 379 g/mol. The summed E-state index contributed by atoms with van der Waals surface area (Å²) in [6.07, 6.45) is 4.94. The highest BCUT2D eigenvalue weighted by Gasteiger charge is 2.31. The van der Waals surface area contributed by atoms with Crippen molar-refractivity contribution in [2.45, 2.75) is 65.0 Å². The molecule has 0 aromatic carbocycles. The number of thioether (sulfide) groups is 1. The van der Waals surface area contributed by atoms with E-state index >= 15 is 0 Å². The zero-order valence-electron chi connectivity index (χ0n) is 15.6. The molecule has 0 saturated heterocycles. The first-order valence-corrected chi connectivity index (χ1v) is 10.6. The minimum Gasteiger partial charge on any atom is -0.462 e. The summed E-state index contributed by atoms with van der Waals surface area (Å²) in [6, 6.07) is 0. The van der Waals surface area contributed by atoms with Crippen molar-refractivity contribution in [3.63, 3.8) is 0 Å². The van der Waals surface area contributed by atoms with Crippen LogP contribution in [-0.2, 0) is 22.4 Å². The molecule has 0 bridgehead atoms. The number of hydrogen-bond acceptors (Lipinski definition) is 6. The number of fused-ring (bicyclic) bond motifs is 3. The third kappa shape index (κ3) is 4.17. The Kier molecular flexibility index (Phi) is 5.40. The second kappa shape index (κ2) is 7.23. The Bertz CT molecular complexity index is 778. The van der Waals surface area contributed by atoms with E-state index in [0.29, 0.717) is 17.1 Å². The van der Waals surface area contributed by atoms with Crippen LogP contribution < -0.4 is 0 Å². The number of esters is 1. The molecular weight excluding hydrogens is 352 g/mol. The van der Waals surface area contributed by atoms with Gasteiger partial charge in [0.1, 0.15) is 16.2 Å². The second-order valence-electron chi connectivity index (χ2n) is 8.00. The fraction of sp³-hybridized carbons (Fsp3) is 0.632. The molecule has 0 amide bonds. The summed E-state index contributed by atoms with van der Waals surface area (Å²) in [6.45, 7) is 10.7. The third-order valence-corrected chi connectivity index (χ3v) is 6.85. The number of hydrogen-bond donors (Lipinski definition) is 0. The fourth-order valence-corrected chi connectivity index (χ4v) is 5.49. The summed E-state index contributed by atoms with van der Waals surface area (Å²) in [7, 11) is 0. The van der Waals surface area contributed by atoms with Gasteiger partial charge in [-0.15, -0.1) is 11.3 Å². The molecule has 0 saturated carbocycles. The van der Waals surface area contributed by atoms with Crippen molar-refractivity contribution < 1.29 is 9.53 Å². The van der Waals surface area contributed by atoms with Gasteiger partial charge in [-0.2, -0.15) is 0 Å². The summed E-state index contributed by atoms with van der Waals surface area (Å²) in [5.41, 5.74) is 1.73. The summed E-state index contributed by atoms with van der Waals surface area (Å²) >= 11 is 3.26. The number of aromatic nitrogens is 2. The second-order valence-corrected chi connectivity index (χ2v) is 10.0. The van der Waals surface area contributed by atoms with E-state index in [1.807, 2.05) is 13.8 Å². The van der Waals surface area contributed by atoms with Crippen LogP contribution in [0, 0.1) is 11.3 Å². The third-order valence-electron chi connectivity index (χ3n) is 4.73. The largest absolute Gasteiger partial charge is 0.462 e. The van der Waals surface area contributed by atoms with E-state index < -0.39 is 0 Å². The molecule has 136 valence electrons. The first kappa shape index (κ1) is 18.6. The monoisotopic (exact) mass is 378 g/mol. The lowest BCUT2D eigenvalue weighted by Crippen LogP contribution is -2.26. The van der Waals surface area contributed by atoms with Gasteiger partial charge in [0.05, 0.1) is 11.9 Å². The average Bonchev–Trinajstić information content (AvgIpc) is 2.89. The SMILES string of the molecule is CC(C)OC(=O)CSc1ncnc2sc3c(c12)CC[C@@H](C(C)(C)C)C3. The maximum absolute atomic E-state index is 11.9. The van der Waals surface area contributed by atoms with Crippen LogP contribution in [0.3, 0.4) is 0 Å². The van der Waals surface area contributed by atoms with Crippen LogP contribution in [0.15, 0.2) is 11.4 Å². The maximum Gasteiger partial charge on any atom is 0.316 e. The quantitative estimate of drug-likeness (QED) is 0.431. The molecule has 1 atom stereocenters. The summed E-state index contributed by atoms with van der Waals surface area (Å²) < 4.78 is 5.23. The van der Waals surface area contributed by atoms with Crippen molar-refractivity contribution in [3.05, 3.63) is 16.8 Å². The maximum atomic E-state index is 11.9. The minimum absolute atomic E-state index is 0.0817. The van der Waals surface area contributed by atoms with Crippen LogP contribution in [0.4, 0.5) is 0 Å². The van der Waals surface area contributed by atoms with Gasteiger partial charge in [-0.3, -0.25) is 4.79 Å². The van der Waals surface area contributed by atoms with Crippen LogP contribution in [0.2, 0.25) is 0 Å². The molecule has 0 fully saturated rings. The number of rotatable bonds is 4. The van der Waals surface area contributed by atoms with E-state index in [0.717, 1.165) is 28.1 Å². The zero-order valence-corrected chi connectivity index (χ0v) is 17.2. The molecule has 1 aliphatic carbocycles. The lowest BCUT2D eigenvalue weighted by atomic mass is 9.72. The fourth-order valence-electron chi connectivity index (χ4n) is 3.35. The summed E-state index contributed by atoms with van der Waals surface area (Å²) in [4.78, 5) is 23.3. The Morgan fingerprint density at radius 1 is 1.40 bits per heavy atom. The number of aryl methyl sites for hydroxylation is 1. The molecule has 0 aliphatic heterocycles. The molecule has 2 aromatic heterocycles. The van der Waals surface area contributed by atoms with Crippen LogP contribution in [0.5, 0.6) is 0 Å². The predicted octanol–water partition coefficient (Wildman–Crippen LogP) is 4.89. The Labute approximate surface area is 157 Å². The van der Waals surface area contributed by atoms with Crippen molar-refractivity contribution in [2.75, 3.05) is 5.75 Å². The lowest BCUT2D eigenvalue weighted by molar-refractivity contribution is -0.144. The van der Waals surface area contributed by atoms with E-state index in [-0.39, 0.29) is 12.1 Å². The van der Waals surface area contributed by atoms with Crippen molar-refractivity contribution in [2.24, 2.45) is 11.3 Å². The highest BCUT2D eigenvalue weighted by molar-refractivity contribution is 8.00. The van der Waals surface area contributed by atoms with E-state index in [1.54, 1.807) is 17.7 Å². The molecule has 1 aliphatic rings. The Hall–Kier alpha value is -1.14. The standard InChI is InChI=1S/C19H26N2O2S2/c1-11(2)23-15(22)9-24-17-16-13-7-6-12(19(3,4)5)8-14(13)25-18(16)21-10-20-17/h10-12H,6-9H2,1-5H3/t12-/m1/s1. The molecule has 0 radical (unpaired) electrons. The van der Waals surface area contributed by atoms with Gasteiger partial charge in [-0.25, -0.2) is 9.97 Å². The van der Waals surface area contributed by atoms with Crippen molar-refractivity contribution in [3.8, 4) is 0 Å². The van der Waals surface area contributed by atoms with E-state index in [1.165, 1.54) is 28.6 Å². The van der Waals surface area contributed by atoms with Gasteiger partial charge in [-0.1, -0.05) is 32.5 Å². The highest BCUT2D eigenvalue weighted by Crippen LogP contribution is 2.44. The molecule has 25 heavy (non-hydrogen) atoms. The molecule has 4 nitrogen and oxygen atoms in total. The van der Waals surface area contributed by atoms with Crippen LogP contribution in [0.25, 0.3) is 10.2 Å². The Morgan fingerprint density at radius 2 is 2.16 bits per heavy atom. The molecule has 0 spiro atoms. The van der Waals surface area contributed by atoms with Gasteiger partial charge in [0.15, 0.2) is 0 Å². The lowest BCUT2D eigenvalue weighted by Gasteiger charge is -2.33. The molecule has 2 aromatic rings. The smallest absolute Gasteiger partial charge is 0.316 e. The summed E-state index contributed by atoms with van der Waals surface area (Å²) in [5.74, 6) is 0.807. The number of carbonyl (C=O) groups is 1. The minimum atomic E-state index is -0.191. The van der Waals surface area contributed by atoms with Crippen molar-refractivity contribution in [1.82, 2.24) is 9.97 Å². The Morgan fingerprint density at radius 3 is 2.84 bits per heavy atom. The molecule has 3 rings (SSSR count). The molecule has 6 heteroatoms. The number of carbonyl (C=O) groups excluding carboxylic acids is 1. The van der Waals surface area contributed by atoms with Crippen LogP contribution in [-0.4, -0.2) is 27.8 Å². The first-order valence-electron chi connectivity index (χ1n) is 8.83. The van der Waals surface area contributed by atoms with Gasteiger partial charge in [0.2, 0.25) is 0 Å². The molecular formula is C19H26N2O2S2. The number of ether oxygens (including phenoxy) is 1. The van der Waals surface area contributed by atoms with E-state index in [2.05, 4.69) is 30.7 Å².